The first-order chi connectivity index (χ1) is 7.50. The predicted octanol–water partition coefficient (Wildman–Crippen LogP) is 1.50. The quantitative estimate of drug-likeness (QED) is 0.481. The van der Waals surface area contributed by atoms with Crippen molar-refractivity contribution < 1.29 is 33.1 Å². The molecule has 0 heterocycles. The van der Waals surface area contributed by atoms with Gasteiger partial charge in [0, 0.05) is 5.41 Å². The summed E-state index contributed by atoms with van der Waals surface area (Å²) >= 11 is 0. The van der Waals surface area contributed by atoms with E-state index in [4.69, 9.17) is 9.79 Å². The second kappa shape index (κ2) is 6.43. The normalized spacial score (nSPS) is 20.0. The van der Waals surface area contributed by atoms with Crippen molar-refractivity contribution in [1.29, 1.82) is 0 Å². The first-order valence-electron chi connectivity index (χ1n) is 5.06. The van der Waals surface area contributed by atoms with Crippen LogP contribution in [0.4, 0.5) is 0 Å². The largest absolute Gasteiger partial charge is 0.342 e. The average molecular weight is 290 g/mol. The zero-order valence-corrected chi connectivity index (χ0v) is 12.3. The van der Waals surface area contributed by atoms with Gasteiger partial charge in [0.2, 0.25) is 0 Å². The van der Waals surface area contributed by atoms with Crippen LogP contribution >= 0.6 is 16.5 Å². The minimum absolute atomic E-state index is 0.130. The van der Waals surface area contributed by atoms with Crippen molar-refractivity contribution in [3.8, 4) is 0 Å². The lowest BCUT2D eigenvalue weighted by Crippen LogP contribution is -2.47. The van der Waals surface area contributed by atoms with E-state index in [9.17, 15) is 14.2 Å². The Morgan fingerprint density at radius 1 is 1.12 bits per heavy atom. The summed E-state index contributed by atoms with van der Waals surface area (Å²) in [5.41, 5.74) is -1.12. The monoisotopic (exact) mass is 290 g/mol. The van der Waals surface area contributed by atoms with E-state index in [2.05, 4.69) is 9.05 Å². The molecule has 2 unspecified atom stereocenters. The summed E-state index contributed by atoms with van der Waals surface area (Å²) in [6.07, 6.45) is 0.369. The van der Waals surface area contributed by atoms with E-state index in [1.165, 1.54) is 13.8 Å². The SMILES string of the molecule is CC(C)CC(C)(C)C(O)(O[PH](=O)O)O[PH](=O)O. The Morgan fingerprint density at radius 3 is 1.71 bits per heavy atom. The molecule has 104 valence electrons. The molecule has 0 saturated heterocycles. The predicted molar refractivity (Wildman–Crippen MR) is 62.8 cm³/mol. The van der Waals surface area contributed by atoms with Crippen molar-refractivity contribution in [2.45, 2.75) is 40.1 Å². The maximum absolute atomic E-state index is 10.7. The second-order valence-corrected chi connectivity index (χ2v) is 6.27. The van der Waals surface area contributed by atoms with Crippen LogP contribution in [-0.2, 0) is 18.2 Å². The Kier molecular flexibility index (Phi) is 6.53. The molecule has 0 aliphatic rings. The minimum Gasteiger partial charge on any atom is -0.342 e. The van der Waals surface area contributed by atoms with E-state index in [0.717, 1.165) is 0 Å². The highest BCUT2D eigenvalue weighted by Crippen LogP contribution is 2.46. The van der Waals surface area contributed by atoms with Crippen LogP contribution in [0.1, 0.15) is 34.1 Å². The fourth-order valence-electron chi connectivity index (χ4n) is 1.68. The second-order valence-electron chi connectivity index (χ2n) is 4.80. The van der Waals surface area contributed by atoms with E-state index in [1.54, 1.807) is 0 Å². The molecule has 0 radical (unpaired) electrons. The first-order valence-corrected chi connectivity index (χ1v) is 7.59. The van der Waals surface area contributed by atoms with Crippen LogP contribution in [0.15, 0.2) is 0 Å². The van der Waals surface area contributed by atoms with Crippen LogP contribution in [0.3, 0.4) is 0 Å². The highest BCUT2D eigenvalue weighted by atomic mass is 31.1. The van der Waals surface area contributed by atoms with Crippen LogP contribution in [0.25, 0.3) is 0 Å². The zero-order chi connectivity index (χ0) is 13.9. The summed E-state index contributed by atoms with van der Waals surface area (Å²) in [5.74, 6) is -2.43. The fraction of sp³-hybridized carbons (Fsp3) is 1.00. The van der Waals surface area contributed by atoms with Crippen LogP contribution < -0.4 is 0 Å². The van der Waals surface area contributed by atoms with Crippen LogP contribution in [0.5, 0.6) is 0 Å². The molecule has 2 atom stereocenters. The molecular formula is C8H20O7P2. The van der Waals surface area contributed by atoms with Crippen LogP contribution in [0.2, 0.25) is 0 Å². The standard InChI is InChI=1S/C8H20O7P2/c1-6(2)5-7(3,4)8(9,14-16(10)11)15-17(12)13/h6,9,16-17H,5H2,1-4H3,(H,10,11)(H,12,13). The van der Waals surface area contributed by atoms with Crippen molar-refractivity contribution in [1.82, 2.24) is 0 Å². The highest BCUT2D eigenvalue weighted by molar-refractivity contribution is 7.33. The van der Waals surface area contributed by atoms with Gasteiger partial charge in [-0.1, -0.05) is 27.7 Å². The number of hydrogen-bond acceptors (Lipinski definition) is 5. The summed E-state index contributed by atoms with van der Waals surface area (Å²) in [5, 5.41) is 10.0. The Labute approximate surface area is 102 Å². The van der Waals surface area contributed by atoms with Gasteiger partial charge in [-0.3, -0.25) is 18.2 Å². The maximum atomic E-state index is 10.7. The molecule has 0 aliphatic carbocycles. The Hall–Kier alpha value is 0.260. The average Bonchev–Trinajstić information content (AvgIpc) is 1.96. The van der Waals surface area contributed by atoms with Gasteiger partial charge >= 0.3 is 16.5 Å². The molecular weight excluding hydrogens is 270 g/mol. The summed E-state index contributed by atoms with van der Waals surface area (Å²) < 4.78 is 30.2. The minimum atomic E-state index is -3.51. The molecule has 0 spiro atoms. The molecule has 0 amide bonds. The van der Waals surface area contributed by atoms with Crippen molar-refractivity contribution in [2.24, 2.45) is 11.3 Å². The molecule has 0 bridgehead atoms. The third kappa shape index (κ3) is 5.62. The van der Waals surface area contributed by atoms with Crippen molar-refractivity contribution in [3.63, 3.8) is 0 Å². The fourth-order valence-corrected chi connectivity index (χ4v) is 2.88. The van der Waals surface area contributed by atoms with E-state index < -0.39 is 27.9 Å². The lowest BCUT2D eigenvalue weighted by molar-refractivity contribution is -0.335. The van der Waals surface area contributed by atoms with E-state index in [1.807, 2.05) is 13.8 Å². The van der Waals surface area contributed by atoms with E-state index >= 15 is 0 Å². The first kappa shape index (κ1) is 17.3. The molecule has 0 fully saturated rings. The molecule has 3 N–H and O–H groups in total. The van der Waals surface area contributed by atoms with Crippen LogP contribution in [-0.4, -0.2) is 20.9 Å². The van der Waals surface area contributed by atoms with Gasteiger partial charge in [0.25, 0.3) is 5.97 Å². The van der Waals surface area contributed by atoms with Gasteiger partial charge < -0.3 is 14.9 Å². The van der Waals surface area contributed by atoms with Gasteiger partial charge in [-0.15, -0.1) is 0 Å². The zero-order valence-electron chi connectivity index (χ0n) is 10.3. The molecule has 0 aromatic heterocycles. The van der Waals surface area contributed by atoms with Gasteiger partial charge in [0.15, 0.2) is 0 Å². The molecule has 0 saturated carbocycles. The van der Waals surface area contributed by atoms with Gasteiger partial charge in [-0.25, -0.2) is 0 Å². The molecule has 0 aliphatic heterocycles. The third-order valence-corrected chi connectivity index (χ3v) is 3.13. The highest BCUT2D eigenvalue weighted by Gasteiger charge is 2.49. The van der Waals surface area contributed by atoms with E-state index in [-0.39, 0.29) is 5.92 Å². The number of hydrogen-bond donors (Lipinski definition) is 3. The molecule has 0 rings (SSSR count). The van der Waals surface area contributed by atoms with Crippen molar-refractivity contribution in [3.05, 3.63) is 0 Å². The smallest absolute Gasteiger partial charge is 0.320 e. The van der Waals surface area contributed by atoms with Gasteiger partial charge in [0.05, 0.1) is 0 Å². The Morgan fingerprint density at radius 2 is 1.47 bits per heavy atom. The molecule has 0 aromatic rings. The topological polar surface area (TPSA) is 113 Å². The molecule has 17 heavy (non-hydrogen) atoms. The number of rotatable bonds is 7. The van der Waals surface area contributed by atoms with Gasteiger partial charge in [-0.05, 0) is 12.3 Å². The van der Waals surface area contributed by atoms with E-state index in [0.29, 0.717) is 6.42 Å². The van der Waals surface area contributed by atoms with Crippen LogP contribution in [0, 0.1) is 11.3 Å². The lowest BCUT2D eigenvalue weighted by Gasteiger charge is -2.40. The van der Waals surface area contributed by atoms with Gasteiger partial charge in [-0.2, -0.15) is 0 Å². The Balaban J connectivity index is 5.13. The van der Waals surface area contributed by atoms with Crippen molar-refractivity contribution >= 4 is 16.5 Å². The summed E-state index contributed by atoms with van der Waals surface area (Å²) in [6, 6.07) is 0. The molecule has 7 nitrogen and oxygen atoms in total. The summed E-state index contributed by atoms with van der Waals surface area (Å²) in [7, 11) is -7.03. The maximum Gasteiger partial charge on any atom is 0.320 e. The third-order valence-electron chi connectivity index (χ3n) is 2.23. The number of aliphatic hydroxyl groups is 1. The molecule has 0 aromatic carbocycles. The molecule has 9 heteroatoms. The summed E-state index contributed by atoms with van der Waals surface area (Å²) in [6.45, 7) is 6.77. The Bertz CT molecular complexity index is 286. The lowest BCUT2D eigenvalue weighted by atomic mass is 9.81. The summed E-state index contributed by atoms with van der Waals surface area (Å²) in [4.78, 5) is 17.4. The van der Waals surface area contributed by atoms with Crippen molar-refractivity contribution in [2.75, 3.05) is 0 Å². The van der Waals surface area contributed by atoms with Gasteiger partial charge in [0.1, 0.15) is 0 Å².